The van der Waals surface area contributed by atoms with E-state index in [1.165, 1.54) is 51.4 Å². The molecule has 148 valence electrons. The fourth-order valence-electron chi connectivity index (χ4n) is 2.36. The summed E-state index contributed by atoms with van der Waals surface area (Å²) >= 11 is 0. The first-order valence-electron chi connectivity index (χ1n) is 8.27. The van der Waals surface area contributed by atoms with E-state index in [1.54, 1.807) is 0 Å². The van der Waals surface area contributed by atoms with Crippen LogP contribution in [0.25, 0.3) is 0 Å². The van der Waals surface area contributed by atoms with Crippen LogP contribution in [0.3, 0.4) is 0 Å². The molecule has 0 atom stereocenters. The summed E-state index contributed by atoms with van der Waals surface area (Å²) < 4.78 is 59.2. The SMILES string of the molecule is C=CCC([NH3+])(CC=C)CCCCCCCCC.F[P-](F)(F)(F)(F)F. The van der Waals surface area contributed by atoms with Crippen LogP contribution < -0.4 is 5.73 Å². The summed E-state index contributed by atoms with van der Waals surface area (Å²) in [5.41, 5.74) is 4.51. The molecule has 0 aliphatic carbocycles. The Hall–Kier alpha value is -0.550. The number of quaternary nitrogens is 1. The van der Waals surface area contributed by atoms with Crippen LogP contribution in [0.4, 0.5) is 25.2 Å². The standard InChI is InChI=1S/C16H31N.F6P/c1-4-7-8-9-10-11-12-15-16(17,13-5-2)14-6-3;1-7(2,3,4,5)6/h5-6H,2-4,7-15,17H2,1H3;/q;-1/p+1. The first-order chi connectivity index (χ1) is 10.6. The molecule has 0 aromatic rings. The molecule has 0 aliphatic heterocycles. The fourth-order valence-corrected chi connectivity index (χ4v) is 2.36. The zero-order chi connectivity index (χ0) is 19.4. The van der Waals surface area contributed by atoms with Crippen molar-refractivity contribution < 1.29 is 30.9 Å². The Bertz CT molecular complexity index is 341. The second-order valence-corrected chi connectivity index (χ2v) is 8.23. The Morgan fingerprint density at radius 2 is 1.12 bits per heavy atom. The second kappa shape index (κ2) is 9.81. The van der Waals surface area contributed by atoms with Crippen LogP contribution >= 0.6 is 7.81 Å². The quantitative estimate of drug-likeness (QED) is 0.155. The van der Waals surface area contributed by atoms with Gasteiger partial charge in [-0.15, -0.1) is 13.2 Å². The van der Waals surface area contributed by atoms with Crippen molar-refractivity contribution in [2.75, 3.05) is 0 Å². The molecule has 0 aliphatic rings. The van der Waals surface area contributed by atoms with E-state index in [9.17, 15) is 25.2 Å². The maximum atomic E-state index is 9.87. The van der Waals surface area contributed by atoms with Crippen LogP contribution in [0.5, 0.6) is 0 Å². The number of hydrogen-bond acceptors (Lipinski definition) is 0. The van der Waals surface area contributed by atoms with E-state index in [0.29, 0.717) is 0 Å². The molecule has 0 unspecified atom stereocenters. The van der Waals surface area contributed by atoms with Crippen molar-refractivity contribution in [3.05, 3.63) is 25.3 Å². The van der Waals surface area contributed by atoms with Gasteiger partial charge in [-0.05, 0) is 6.42 Å². The van der Waals surface area contributed by atoms with Crippen molar-refractivity contribution in [1.29, 1.82) is 0 Å². The molecular weight excluding hydrogens is 351 g/mol. The van der Waals surface area contributed by atoms with Gasteiger partial charge in [-0.3, -0.25) is 0 Å². The molecule has 0 saturated carbocycles. The van der Waals surface area contributed by atoms with Crippen molar-refractivity contribution in [3.8, 4) is 0 Å². The summed E-state index contributed by atoms with van der Waals surface area (Å²) in [6.45, 7) is 9.93. The third-order valence-electron chi connectivity index (χ3n) is 3.47. The molecule has 0 rings (SSSR count). The zero-order valence-electron chi connectivity index (χ0n) is 14.6. The van der Waals surface area contributed by atoms with Crippen LogP contribution in [-0.4, -0.2) is 5.54 Å². The number of halogens is 6. The van der Waals surface area contributed by atoms with Gasteiger partial charge in [0.05, 0.1) is 0 Å². The number of hydrogen-bond donors (Lipinski definition) is 1. The van der Waals surface area contributed by atoms with Crippen LogP contribution in [-0.2, 0) is 0 Å². The Labute approximate surface area is 141 Å². The predicted octanol–water partition coefficient (Wildman–Crippen LogP) is 7.64. The van der Waals surface area contributed by atoms with Crippen molar-refractivity contribution >= 4 is 7.81 Å². The van der Waals surface area contributed by atoms with Gasteiger partial charge in [-0.25, -0.2) is 0 Å². The maximum absolute atomic E-state index is 10.7. The summed E-state index contributed by atoms with van der Waals surface area (Å²) in [5, 5.41) is 0. The van der Waals surface area contributed by atoms with Gasteiger partial charge in [-0.2, -0.15) is 0 Å². The van der Waals surface area contributed by atoms with Gasteiger partial charge in [0.2, 0.25) is 0 Å². The molecule has 0 aromatic carbocycles. The average molecular weight is 383 g/mol. The molecule has 0 amide bonds. The Morgan fingerprint density at radius 1 is 0.792 bits per heavy atom. The Kier molecular flexibility index (Phi) is 10.5. The monoisotopic (exact) mass is 383 g/mol. The van der Waals surface area contributed by atoms with Gasteiger partial charge in [0, 0.05) is 19.3 Å². The van der Waals surface area contributed by atoms with Crippen LogP contribution in [0.1, 0.15) is 71.1 Å². The molecule has 3 N–H and O–H groups in total. The summed E-state index contributed by atoms with van der Waals surface area (Å²) in [7, 11) is -10.7. The number of rotatable bonds is 12. The molecule has 0 heterocycles. The van der Waals surface area contributed by atoms with E-state index in [2.05, 4.69) is 25.8 Å². The third-order valence-corrected chi connectivity index (χ3v) is 3.47. The van der Waals surface area contributed by atoms with Crippen molar-refractivity contribution in [2.45, 2.75) is 76.7 Å². The van der Waals surface area contributed by atoms with E-state index < -0.39 is 7.81 Å². The molecule has 24 heavy (non-hydrogen) atoms. The zero-order valence-corrected chi connectivity index (χ0v) is 15.5. The average Bonchev–Trinajstić information content (AvgIpc) is 2.34. The minimum absolute atomic E-state index is 0.160. The summed E-state index contributed by atoms with van der Waals surface area (Å²) in [4.78, 5) is 0. The molecule has 0 fully saturated rings. The Balaban J connectivity index is 0. The van der Waals surface area contributed by atoms with Gasteiger partial charge < -0.3 is 5.73 Å². The van der Waals surface area contributed by atoms with E-state index in [4.69, 9.17) is 0 Å². The molecular formula is C16H32F6NP. The van der Waals surface area contributed by atoms with E-state index in [0.717, 1.165) is 12.8 Å². The topological polar surface area (TPSA) is 27.6 Å². The van der Waals surface area contributed by atoms with Gasteiger partial charge in [0.25, 0.3) is 0 Å². The van der Waals surface area contributed by atoms with Gasteiger partial charge in [0.15, 0.2) is 0 Å². The van der Waals surface area contributed by atoms with Crippen molar-refractivity contribution in [1.82, 2.24) is 0 Å². The first-order valence-corrected chi connectivity index (χ1v) is 10.3. The van der Waals surface area contributed by atoms with Crippen LogP contribution in [0.15, 0.2) is 25.3 Å². The van der Waals surface area contributed by atoms with Gasteiger partial charge in [0.1, 0.15) is 5.54 Å². The second-order valence-electron chi connectivity index (χ2n) is 6.32. The third kappa shape index (κ3) is 29.5. The summed E-state index contributed by atoms with van der Waals surface area (Å²) in [6, 6.07) is 0. The molecule has 1 nitrogen and oxygen atoms in total. The van der Waals surface area contributed by atoms with E-state index in [-0.39, 0.29) is 5.54 Å². The fraction of sp³-hybridized carbons (Fsp3) is 0.750. The number of unbranched alkanes of at least 4 members (excludes halogenated alkanes) is 6. The predicted molar refractivity (Wildman–Crippen MR) is 91.4 cm³/mol. The molecule has 0 saturated heterocycles. The van der Waals surface area contributed by atoms with Crippen LogP contribution in [0.2, 0.25) is 0 Å². The minimum atomic E-state index is -10.7. The molecule has 0 bridgehead atoms. The van der Waals surface area contributed by atoms with Gasteiger partial charge >= 0.3 is 33.0 Å². The van der Waals surface area contributed by atoms with Crippen molar-refractivity contribution in [2.24, 2.45) is 0 Å². The summed E-state index contributed by atoms with van der Waals surface area (Å²) in [5.74, 6) is 0. The van der Waals surface area contributed by atoms with Crippen LogP contribution in [0, 0.1) is 0 Å². The first kappa shape index (κ1) is 25.7. The molecule has 0 radical (unpaired) electrons. The van der Waals surface area contributed by atoms with Gasteiger partial charge in [-0.1, -0.05) is 57.6 Å². The normalized spacial score (nSPS) is 14.8. The molecule has 8 heteroatoms. The summed E-state index contributed by atoms with van der Waals surface area (Å²) in [6.07, 6.45) is 16.8. The molecule has 0 spiro atoms. The van der Waals surface area contributed by atoms with E-state index >= 15 is 0 Å². The van der Waals surface area contributed by atoms with Crippen molar-refractivity contribution in [3.63, 3.8) is 0 Å². The molecule has 0 aromatic heterocycles. The Morgan fingerprint density at radius 3 is 1.46 bits per heavy atom. The van der Waals surface area contributed by atoms with E-state index in [1.807, 2.05) is 12.2 Å².